The topological polar surface area (TPSA) is 0 Å². The highest BCUT2D eigenvalue weighted by Crippen LogP contribution is 2.46. The van der Waals surface area contributed by atoms with Gasteiger partial charge >= 0.3 is 0 Å². The number of rotatable bonds is 2. The zero-order chi connectivity index (χ0) is 14.8. The Hall–Kier alpha value is -1.56. The van der Waals surface area contributed by atoms with Crippen LogP contribution in [0, 0.1) is 5.41 Å². The van der Waals surface area contributed by atoms with Gasteiger partial charge in [0.05, 0.1) is 0 Å². The van der Waals surface area contributed by atoms with Crippen molar-refractivity contribution >= 4 is 0 Å². The maximum absolute atomic E-state index is 2.39. The van der Waals surface area contributed by atoms with E-state index in [0.717, 1.165) is 0 Å². The van der Waals surface area contributed by atoms with E-state index < -0.39 is 0 Å². The van der Waals surface area contributed by atoms with Gasteiger partial charge < -0.3 is 0 Å². The Morgan fingerprint density at radius 2 is 1.57 bits per heavy atom. The van der Waals surface area contributed by atoms with E-state index in [2.05, 4.69) is 74.6 Å². The Labute approximate surface area is 129 Å². The fourth-order valence-corrected chi connectivity index (χ4v) is 3.79. The van der Waals surface area contributed by atoms with E-state index in [9.17, 15) is 0 Å². The lowest BCUT2D eigenvalue weighted by atomic mass is 9.64. The third-order valence-corrected chi connectivity index (χ3v) is 5.08. The molecule has 0 N–H and O–H groups in total. The molecule has 0 saturated heterocycles. The molecule has 0 aliphatic heterocycles. The maximum atomic E-state index is 2.39. The molecule has 0 radical (unpaired) electrons. The van der Waals surface area contributed by atoms with Crippen molar-refractivity contribution in [3.63, 3.8) is 0 Å². The first-order valence-electron chi connectivity index (χ1n) is 8.27. The molecular weight excluding hydrogens is 252 g/mol. The van der Waals surface area contributed by atoms with Crippen molar-refractivity contribution in [1.82, 2.24) is 0 Å². The summed E-state index contributed by atoms with van der Waals surface area (Å²) in [5.74, 6) is 0. The molecule has 0 bridgehead atoms. The average molecular weight is 278 g/mol. The van der Waals surface area contributed by atoms with Crippen LogP contribution >= 0.6 is 0 Å². The molecule has 0 heteroatoms. The summed E-state index contributed by atoms with van der Waals surface area (Å²) in [6.07, 6.45) is 18.3. The highest BCUT2D eigenvalue weighted by Gasteiger charge is 2.36. The van der Waals surface area contributed by atoms with Gasteiger partial charge in [-0.25, -0.2) is 0 Å². The molecule has 0 atom stereocenters. The Bertz CT molecular complexity index is 563. The van der Waals surface area contributed by atoms with Gasteiger partial charge in [-0.3, -0.25) is 0 Å². The van der Waals surface area contributed by atoms with E-state index in [0.29, 0.717) is 0 Å². The molecule has 1 aromatic rings. The van der Waals surface area contributed by atoms with Crippen LogP contribution in [0.3, 0.4) is 0 Å². The summed E-state index contributed by atoms with van der Waals surface area (Å²) in [5.41, 5.74) is 3.37. The van der Waals surface area contributed by atoms with Gasteiger partial charge in [-0.1, -0.05) is 93.8 Å². The van der Waals surface area contributed by atoms with Gasteiger partial charge in [-0.05, 0) is 24.0 Å². The van der Waals surface area contributed by atoms with E-state index in [-0.39, 0.29) is 10.8 Å². The number of allylic oxidation sites excluding steroid dienone is 6. The quantitative estimate of drug-likeness (QED) is 0.625. The van der Waals surface area contributed by atoms with Gasteiger partial charge in [0.15, 0.2) is 0 Å². The molecule has 1 aromatic carbocycles. The van der Waals surface area contributed by atoms with Crippen molar-refractivity contribution in [1.29, 1.82) is 0 Å². The largest absolute Gasteiger partial charge is 0.0751 e. The van der Waals surface area contributed by atoms with Gasteiger partial charge in [-0.2, -0.15) is 0 Å². The van der Waals surface area contributed by atoms with E-state index in [1.54, 1.807) is 0 Å². The molecule has 0 amide bonds. The highest BCUT2D eigenvalue weighted by atomic mass is 14.4. The van der Waals surface area contributed by atoms with Crippen LogP contribution in [0.5, 0.6) is 0 Å². The van der Waals surface area contributed by atoms with Crippen molar-refractivity contribution in [3.05, 3.63) is 71.8 Å². The minimum Gasteiger partial charge on any atom is -0.0751 e. The Kier molecular flexibility index (Phi) is 3.89. The first kappa shape index (κ1) is 14.4. The lowest BCUT2D eigenvalue weighted by Crippen LogP contribution is -2.30. The van der Waals surface area contributed by atoms with Crippen LogP contribution in [0.15, 0.2) is 66.3 Å². The van der Waals surface area contributed by atoms with Crippen LogP contribution in [0.1, 0.15) is 51.5 Å². The summed E-state index contributed by atoms with van der Waals surface area (Å²) >= 11 is 0. The predicted octanol–water partition coefficient (Wildman–Crippen LogP) is 5.97. The van der Waals surface area contributed by atoms with Gasteiger partial charge in [0, 0.05) is 10.8 Å². The normalized spacial score (nSPS) is 23.4. The molecule has 0 spiro atoms. The van der Waals surface area contributed by atoms with Crippen molar-refractivity contribution < 1.29 is 0 Å². The second-order valence-corrected chi connectivity index (χ2v) is 7.14. The summed E-state index contributed by atoms with van der Waals surface area (Å²) in [6, 6.07) is 11.1. The third kappa shape index (κ3) is 2.90. The van der Waals surface area contributed by atoms with Gasteiger partial charge in [0.25, 0.3) is 0 Å². The number of benzene rings is 1. The highest BCUT2D eigenvalue weighted by molar-refractivity contribution is 5.45. The molecule has 0 unspecified atom stereocenters. The number of hydrogen-bond donors (Lipinski definition) is 0. The Balaban J connectivity index is 2.05. The van der Waals surface area contributed by atoms with Crippen LogP contribution < -0.4 is 0 Å². The minimum absolute atomic E-state index is 0.158. The van der Waals surface area contributed by atoms with Gasteiger partial charge in [0.1, 0.15) is 0 Å². The first-order valence-corrected chi connectivity index (χ1v) is 8.27. The standard InChI is InChI=1S/C21H26/c1-20(2)14-9-12-19(13-17-20)21(15-7-4-8-16-21)18-10-5-3-6-11-18/h3,5-6,9-14,17H,4,7-8,15-16H2,1-2H3. The maximum Gasteiger partial charge on any atom is 0.0202 e. The summed E-state index contributed by atoms with van der Waals surface area (Å²) in [4.78, 5) is 0. The molecular formula is C21H26. The Morgan fingerprint density at radius 1 is 0.857 bits per heavy atom. The molecule has 2 aliphatic rings. The van der Waals surface area contributed by atoms with Gasteiger partial charge in [-0.15, -0.1) is 0 Å². The van der Waals surface area contributed by atoms with Crippen LogP contribution in [0.25, 0.3) is 0 Å². The van der Waals surface area contributed by atoms with Crippen LogP contribution in [0.2, 0.25) is 0 Å². The second-order valence-electron chi connectivity index (χ2n) is 7.14. The fourth-order valence-electron chi connectivity index (χ4n) is 3.79. The lowest BCUT2D eigenvalue weighted by Gasteiger charge is -2.39. The average Bonchev–Trinajstić information content (AvgIpc) is 2.70. The predicted molar refractivity (Wildman–Crippen MR) is 91.3 cm³/mol. The van der Waals surface area contributed by atoms with Crippen molar-refractivity contribution in [2.24, 2.45) is 5.41 Å². The van der Waals surface area contributed by atoms with Crippen molar-refractivity contribution in [2.45, 2.75) is 51.4 Å². The van der Waals surface area contributed by atoms with E-state index in [1.165, 1.54) is 43.2 Å². The molecule has 0 nitrogen and oxygen atoms in total. The van der Waals surface area contributed by atoms with E-state index >= 15 is 0 Å². The second kappa shape index (κ2) is 5.67. The molecule has 21 heavy (non-hydrogen) atoms. The van der Waals surface area contributed by atoms with Crippen LogP contribution in [-0.4, -0.2) is 0 Å². The van der Waals surface area contributed by atoms with E-state index in [4.69, 9.17) is 0 Å². The van der Waals surface area contributed by atoms with E-state index in [1.807, 2.05) is 0 Å². The lowest BCUT2D eigenvalue weighted by molar-refractivity contribution is 0.345. The molecule has 3 rings (SSSR count). The Morgan fingerprint density at radius 3 is 2.29 bits per heavy atom. The molecule has 1 fully saturated rings. The molecule has 110 valence electrons. The zero-order valence-electron chi connectivity index (χ0n) is 13.3. The van der Waals surface area contributed by atoms with Crippen LogP contribution in [0.4, 0.5) is 0 Å². The first-order chi connectivity index (χ1) is 10.1. The SMILES string of the molecule is CC1(C)C=CC=C(C2(c3ccccc3)CCCCC2)C=C1. The number of hydrogen-bond acceptors (Lipinski definition) is 0. The van der Waals surface area contributed by atoms with Crippen molar-refractivity contribution in [3.8, 4) is 0 Å². The molecule has 0 heterocycles. The fraction of sp³-hybridized carbons (Fsp3) is 0.429. The monoisotopic (exact) mass is 278 g/mol. The summed E-state index contributed by atoms with van der Waals surface area (Å²) in [6.45, 7) is 4.54. The zero-order valence-corrected chi connectivity index (χ0v) is 13.3. The third-order valence-electron chi connectivity index (χ3n) is 5.08. The van der Waals surface area contributed by atoms with Crippen molar-refractivity contribution in [2.75, 3.05) is 0 Å². The van der Waals surface area contributed by atoms with Gasteiger partial charge in [0.2, 0.25) is 0 Å². The minimum atomic E-state index is 0.158. The molecule has 2 aliphatic carbocycles. The van der Waals surface area contributed by atoms with Crippen LogP contribution in [-0.2, 0) is 5.41 Å². The summed E-state index contributed by atoms with van der Waals surface area (Å²) in [7, 11) is 0. The smallest absolute Gasteiger partial charge is 0.0202 e. The molecule has 1 saturated carbocycles. The summed E-state index contributed by atoms with van der Waals surface area (Å²) in [5, 5.41) is 0. The molecule has 0 aromatic heterocycles. The summed E-state index contributed by atoms with van der Waals surface area (Å²) < 4.78 is 0.